The lowest BCUT2D eigenvalue weighted by molar-refractivity contribution is -0.108. The molecule has 0 aliphatic carbocycles. The van der Waals surface area contributed by atoms with E-state index in [0.29, 0.717) is 19.6 Å². The van der Waals surface area contributed by atoms with Crippen LogP contribution >= 0.6 is 0 Å². The molecule has 2 saturated heterocycles. The monoisotopic (exact) mass is 176 g/mol. The van der Waals surface area contributed by atoms with E-state index in [1.54, 1.807) is 0 Å². The Morgan fingerprint density at radius 3 is 2.25 bits per heavy atom. The van der Waals surface area contributed by atoms with Crippen LogP contribution in [0, 0.1) is 5.41 Å². The summed E-state index contributed by atoms with van der Waals surface area (Å²) in [5.74, 6) is -2.48. The predicted octanol–water partition coefficient (Wildman–Crippen LogP) is 0.547. The number of halogens is 2. The zero-order valence-corrected chi connectivity index (χ0v) is 7.24. The average molecular weight is 176 g/mol. The van der Waals surface area contributed by atoms with Crippen LogP contribution in [-0.2, 0) is 0 Å². The molecule has 4 heteroatoms. The van der Waals surface area contributed by atoms with E-state index in [0.717, 1.165) is 6.54 Å². The first-order valence-electron chi connectivity index (χ1n) is 4.41. The molecule has 0 saturated carbocycles. The van der Waals surface area contributed by atoms with E-state index in [-0.39, 0.29) is 6.54 Å². The number of rotatable bonds is 1. The van der Waals surface area contributed by atoms with Gasteiger partial charge in [-0.1, -0.05) is 6.92 Å². The summed E-state index contributed by atoms with van der Waals surface area (Å²) in [4.78, 5) is 1.83. The fourth-order valence-corrected chi connectivity index (χ4v) is 2.07. The molecule has 0 aromatic carbocycles. The highest BCUT2D eigenvalue weighted by Gasteiger charge is 2.62. The molecular weight excluding hydrogens is 162 g/mol. The van der Waals surface area contributed by atoms with Crippen LogP contribution in [0.15, 0.2) is 0 Å². The molecular formula is C8H14F2N2. The molecule has 2 nitrogen and oxygen atoms in total. The minimum Gasteiger partial charge on any atom is -0.315 e. The van der Waals surface area contributed by atoms with Gasteiger partial charge in [0.1, 0.15) is 0 Å². The number of hydrogen-bond acceptors (Lipinski definition) is 2. The van der Waals surface area contributed by atoms with Crippen LogP contribution in [0.1, 0.15) is 6.92 Å². The Morgan fingerprint density at radius 1 is 1.33 bits per heavy atom. The van der Waals surface area contributed by atoms with E-state index < -0.39 is 11.3 Å². The van der Waals surface area contributed by atoms with Gasteiger partial charge in [0, 0.05) is 19.6 Å². The standard InChI is InChI=1S/C8H14F2N2/c1-2-12-5-7(3-11-4-7)8(9,10)6-12/h11H,2-6H2,1H3. The van der Waals surface area contributed by atoms with Crippen molar-refractivity contribution in [2.75, 3.05) is 32.7 Å². The van der Waals surface area contributed by atoms with E-state index in [2.05, 4.69) is 5.32 Å². The van der Waals surface area contributed by atoms with Crippen LogP contribution in [0.4, 0.5) is 8.78 Å². The Hall–Kier alpha value is -0.220. The molecule has 0 unspecified atom stereocenters. The molecule has 2 fully saturated rings. The summed E-state index contributed by atoms with van der Waals surface area (Å²) in [6.07, 6.45) is 0. The summed E-state index contributed by atoms with van der Waals surface area (Å²) >= 11 is 0. The van der Waals surface area contributed by atoms with Crippen molar-refractivity contribution in [2.45, 2.75) is 12.8 Å². The van der Waals surface area contributed by atoms with Crippen molar-refractivity contribution in [1.29, 1.82) is 0 Å². The van der Waals surface area contributed by atoms with Crippen molar-refractivity contribution >= 4 is 0 Å². The Labute approximate surface area is 70.9 Å². The van der Waals surface area contributed by atoms with Crippen molar-refractivity contribution in [1.82, 2.24) is 10.2 Å². The van der Waals surface area contributed by atoms with E-state index >= 15 is 0 Å². The fourth-order valence-electron chi connectivity index (χ4n) is 2.07. The second-order valence-corrected chi connectivity index (χ2v) is 3.89. The van der Waals surface area contributed by atoms with Gasteiger partial charge in [-0.3, -0.25) is 4.90 Å². The second-order valence-electron chi connectivity index (χ2n) is 3.89. The smallest absolute Gasteiger partial charge is 0.269 e. The Bertz CT molecular complexity index is 189. The third-order valence-electron chi connectivity index (χ3n) is 3.10. The molecule has 0 bridgehead atoms. The van der Waals surface area contributed by atoms with E-state index in [1.807, 2.05) is 11.8 Å². The highest BCUT2D eigenvalue weighted by molar-refractivity contribution is 5.09. The lowest BCUT2D eigenvalue weighted by Crippen LogP contribution is -2.62. The highest BCUT2D eigenvalue weighted by atomic mass is 19.3. The molecule has 0 aromatic heterocycles. The minimum absolute atomic E-state index is 0.0504. The van der Waals surface area contributed by atoms with Crippen molar-refractivity contribution in [3.05, 3.63) is 0 Å². The van der Waals surface area contributed by atoms with E-state index in [4.69, 9.17) is 0 Å². The second kappa shape index (κ2) is 2.39. The summed E-state index contributed by atoms with van der Waals surface area (Å²) in [7, 11) is 0. The number of nitrogens with one attached hydrogen (secondary N) is 1. The van der Waals surface area contributed by atoms with Gasteiger partial charge >= 0.3 is 0 Å². The van der Waals surface area contributed by atoms with Gasteiger partial charge in [-0.2, -0.15) is 0 Å². The van der Waals surface area contributed by atoms with Crippen LogP contribution in [0.3, 0.4) is 0 Å². The van der Waals surface area contributed by atoms with Crippen LogP contribution in [0.25, 0.3) is 0 Å². The molecule has 12 heavy (non-hydrogen) atoms. The zero-order valence-electron chi connectivity index (χ0n) is 7.24. The molecule has 2 aliphatic rings. The lowest BCUT2D eigenvalue weighted by Gasteiger charge is -2.42. The summed E-state index contributed by atoms with van der Waals surface area (Å²) in [5.41, 5.74) is -0.733. The maximum absolute atomic E-state index is 13.4. The van der Waals surface area contributed by atoms with Gasteiger partial charge < -0.3 is 5.32 Å². The average Bonchev–Trinajstić information content (AvgIpc) is 2.19. The van der Waals surface area contributed by atoms with Gasteiger partial charge in [0.15, 0.2) is 0 Å². The van der Waals surface area contributed by atoms with Gasteiger partial charge in [-0.05, 0) is 6.54 Å². The SMILES string of the molecule is CCN1CC(F)(F)C2(CNC2)C1. The van der Waals surface area contributed by atoms with Crippen molar-refractivity contribution in [2.24, 2.45) is 5.41 Å². The normalized spacial score (nSPS) is 32.2. The molecule has 1 N–H and O–H groups in total. The molecule has 1 spiro atoms. The largest absolute Gasteiger partial charge is 0.315 e. The van der Waals surface area contributed by atoms with E-state index in [9.17, 15) is 8.78 Å². The maximum atomic E-state index is 13.4. The molecule has 2 heterocycles. The van der Waals surface area contributed by atoms with Crippen molar-refractivity contribution < 1.29 is 8.78 Å². The quantitative estimate of drug-likeness (QED) is 0.627. The van der Waals surface area contributed by atoms with Crippen molar-refractivity contribution in [3.63, 3.8) is 0 Å². The molecule has 0 aromatic rings. The topological polar surface area (TPSA) is 15.3 Å². The highest BCUT2D eigenvalue weighted by Crippen LogP contribution is 2.46. The first-order valence-corrected chi connectivity index (χ1v) is 4.41. The third kappa shape index (κ3) is 0.910. The Balaban J connectivity index is 2.14. The van der Waals surface area contributed by atoms with Crippen LogP contribution < -0.4 is 5.32 Å². The van der Waals surface area contributed by atoms with Gasteiger partial charge in [-0.15, -0.1) is 0 Å². The molecule has 0 atom stereocenters. The van der Waals surface area contributed by atoms with Gasteiger partial charge in [-0.25, -0.2) is 8.78 Å². The number of likely N-dealkylation sites (tertiary alicyclic amines) is 1. The molecule has 2 aliphatic heterocycles. The van der Waals surface area contributed by atoms with Crippen LogP contribution in [0.5, 0.6) is 0 Å². The first-order chi connectivity index (χ1) is 5.60. The van der Waals surface area contributed by atoms with E-state index in [1.165, 1.54) is 0 Å². The Morgan fingerprint density at radius 2 is 2.00 bits per heavy atom. The van der Waals surface area contributed by atoms with Gasteiger partial charge in [0.05, 0.1) is 12.0 Å². The number of hydrogen-bond donors (Lipinski definition) is 1. The number of nitrogens with zero attached hydrogens (tertiary/aromatic N) is 1. The summed E-state index contributed by atoms with van der Waals surface area (Å²) in [6.45, 7) is 4.14. The molecule has 2 rings (SSSR count). The van der Waals surface area contributed by atoms with Gasteiger partial charge in [0.2, 0.25) is 0 Å². The number of alkyl halides is 2. The fraction of sp³-hybridized carbons (Fsp3) is 1.00. The van der Waals surface area contributed by atoms with Gasteiger partial charge in [0.25, 0.3) is 5.92 Å². The summed E-state index contributed by atoms with van der Waals surface area (Å²) in [6, 6.07) is 0. The summed E-state index contributed by atoms with van der Waals surface area (Å²) < 4.78 is 26.8. The minimum atomic E-state index is -2.48. The third-order valence-corrected chi connectivity index (χ3v) is 3.10. The first kappa shape index (κ1) is 8.38. The molecule has 70 valence electrons. The predicted molar refractivity (Wildman–Crippen MR) is 42.4 cm³/mol. The molecule has 0 amide bonds. The van der Waals surface area contributed by atoms with Crippen LogP contribution in [0.2, 0.25) is 0 Å². The lowest BCUT2D eigenvalue weighted by atomic mass is 9.78. The van der Waals surface area contributed by atoms with Crippen LogP contribution in [-0.4, -0.2) is 43.5 Å². The molecule has 0 radical (unpaired) electrons. The summed E-state index contributed by atoms with van der Waals surface area (Å²) in [5, 5.41) is 2.94. The zero-order chi connectivity index (χ0) is 8.82. The maximum Gasteiger partial charge on any atom is 0.269 e. The van der Waals surface area contributed by atoms with Crippen molar-refractivity contribution in [3.8, 4) is 0 Å². The Kier molecular flexibility index (Phi) is 1.67.